The molecule has 2 aromatic carbocycles. The fraction of sp³-hybridized carbons (Fsp3) is 0.385. The Bertz CT molecular complexity index is 1880. The monoisotopic (exact) mass is 784 g/mol. The molecule has 4 fully saturated rings. The van der Waals surface area contributed by atoms with E-state index in [1.54, 1.807) is 67.1 Å². The first kappa shape index (κ1) is 39.1. The molecule has 1 aliphatic carbocycles. The van der Waals surface area contributed by atoms with E-state index in [1.807, 2.05) is 6.07 Å². The summed E-state index contributed by atoms with van der Waals surface area (Å²) in [6.45, 7) is 0.250. The van der Waals surface area contributed by atoms with Crippen molar-refractivity contribution in [2.24, 2.45) is 11.8 Å². The maximum Gasteiger partial charge on any atom is 0.416 e. The lowest BCUT2D eigenvalue weighted by Crippen LogP contribution is -2.53. The van der Waals surface area contributed by atoms with E-state index in [1.165, 1.54) is 11.0 Å². The highest BCUT2D eigenvalue weighted by molar-refractivity contribution is 6.35. The Labute approximate surface area is 321 Å². The van der Waals surface area contributed by atoms with Crippen molar-refractivity contribution >= 4 is 41.1 Å². The zero-order valence-electron chi connectivity index (χ0n) is 29.2. The molecule has 2 aromatic heterocycles. The molecular formula is C39H40Cl2F2N4O7. The molecule has 1 saturated carbocycles. The molecule has 0 radical (unpaired) electrons. The summed E-state index contributed by atoms with van der Waals surface area (Å²) < 4.78 is 49.2. The molecule has 5 heterocycles. The highest BCUT2D eigenvalue weighted by Gasteiger charge is 2.37. The van der Waals surface area contributed by atoms with E-state index in [0.717, 1.165) is 50.9 Å². The van der Waals surface area contributed by atoms with Gasteiger partial charge in [0.25, 0.3) is 0 Å². The van der Waals surface area contributed by atoms with Crippen LogP contribution in [0.4, 0.5) is 19.4 Å². The lowest BCUT2D eigenvalue weighted by atomic mass is 9.86. The molecule has 8 rings (SSSR count). The molecule has 3 aliphatic heterocycles. The maximum absolute atomic E-state index is 13.7. The van der Waals surface area contributed by atoms with Crippen LogP contribution in [0.1, 0.15) is 58.8 Å². The van der Waals surface area contributed by atoms with Crippen molar-refractivity contribution < 1.29 is 47.8 Å². The number of amides is 1. The minimum Gasteiger partial charge on any atom is -0.870 e. The topological polar surface area (TPSA) is 135 Å². The summed E-state index contributed by atoms with van der Waals surface area (Å²) in [6.07, 6.45) is 7.25. The number of anilines is 1. The van der Waals surface area contributed by atoms with Crippen molar-refractivity contribution in [3.8, 4) is 11.5 Å². The number of aromatic nitrogens is 2. The third-order valence-electron chi connectivity index (χ3n) is 9.89. The van der Waals surface area contributed by atoms with Crippen LogP contribution in [0.3, 0.4) is 0 Å². The van der Waals surface area contributed by atoms with E-state index in [9.17, 15) is 18.4 Å². The number of fused-ring (bicyclic) bond motifs is 3. The first-order chi connectivity index (χ1) is 25.7. The molecule has 1 amide bonds. The summed E-state index contributed by atoms with van der Waals surface area (Å²) in [5.74, 6) is 0.492. The number of nitrogens with zero attached hydrogens (tertiary/aromatic N) is 3. The van der Waals surface area contributed by atoms with Crippen molar-refractivity contribution in [2.45, 2.75) is 57.5 Å². The van der Waals surface area contributed by atoms with Gasteiger partial charge in [-0.2, -0.15) is 8.78 Å². The zero-order valence-corrected chi connectivity index (χ0v) is 30.7. The van der Waals surface area contributed by atoms with Crippen LogP contribution in [0.15, 0.2) is 79.3 Å². The van der Waals surface area contributed by atoms with E-state index in [0.29, 0.717) is 45.4 Å². The molecule has 0 unspecified atom stereocenters. The largest absolute Gasteiger partial charge is 0.870 e. The van der Waals surface area contributed by atoms with Gasteiger partial charge in [0, 0.05) is 24.7 Å². The molecule has 4 aliphatic rings. The van der Waals surface area contributed by atoms with Crippen LogP contribution in [0.5, 0.6) is 11.5 Å². The van der Waals surface area contributed by atoms with Gasteiger partial charge in [-0.3, -0.25) is 9.80 Å². The van der Waals surface area contributed by atoms with Crippen molar-refractivity contribution in [1.82, 2.24) is 9.88 Å². The number of carbonyl (C=O) groups excluding carboxylic acids is 2. The number of carbonyl (C=O) groups is 2. The van der Waals surface area contributed by atoms with Gasteiger partial charge in [0.2, 0.25) is 0 Å². The number of H-pyrrole nitrogens is 1. The fourth-order valence-corrected chi connectivity index (χ4v) is 7.26. The average molecular weight is 786 g/mol. The third-order valence-corrected chi connectivity index (χ3v) is 10.6. The summed E-state index contributed by atoms with van der Waals surface area (Å²) in [4.78, 5) is 38.4. The van der Waals surface area contributed by atoms with E-state index in [4.69, 9.17) is 42.1 Å². The van der Waals surface area contributed by atoms with E-state index in [2.05, 4.69) is 14.9 Å². The Hall–Kier alpha value is -4.56. The van der Waals surface area contributed by atoms with Crippen LogP contribution in [0, 0.1) is 11.8 Å². The van der Waals surface area contributed by atoms with Gasteiger partial charge in [0.15, 0.2) is 23.9 Å². The van der Waals surface area contributed by atoms with E-state index in [-0.39, 0.29) is 41.6 Å². The molecule has 4 aromatic rings. The maximum atomic E-state index is 13.7. The van der Waals surface area contributed by atoms with Crippen molar-refractivity contribution in [3.63, 3.8) is 0 Å². The number of halogens is 4. The smallest absolute Gasteiger partial charge is 0.416 e. The summed E-state index contributed by atoms with van der Waals surface area (Å²) in [6, 6.07) is 16.5. The first-order valence-corrected chi connectivity index (χ1v) is 18.4. The molecule has 2 atom stereocenters. The molecular weight excluding hydrogens is 745 g/mol. The van der Waals surface area contributed by atoms with Crippen LogP contribution < -0.4 is 19.4 Å². The van der Waals surface area contributed by atoms with E-state index < -0.39 is 24.8 Å². The van der Waals surface area contributed by atoms with Gasteiger partial charge >= 0.3 is 18.7 Å². The number of ether oxygens (including phenoxy) is 4. The Balaban J connectivity index is 0.00000497. The average Bonchev–Trinajstić information content (AvgIpc) is 4.00. The van der Waals surface area contributed by atoms with Crippen LogP contribution >= 0.6 is 23.2 Å². The molecule has 3 saturated heterocycles. The predicted molar refractivity (Wildman–Crippen MR) is 194 cm³/mol. The predicted octanol–water partition coefficient (Wildman–Crippen LogP) is 7.79. The number of esters is 1. The third kappa shape index (κ3) is 9.75. The lowest BCUT2D eigenvalue weighted by molar-refractivity contribution is -0.377. The number of hydrogen-bond acceptors (Lipinski definition) is 9. The molecule has 15 heteroatoms. The van der Waals surface area contributed by atoms with Gasteiger partial charge < -0.3 is 24.4 Å². The number of nitrogens with one attached hydrogen (secondary N) is 1. The second-order valence-corrected chi connectivity index (χ2v) is 14.4. The molecule has 286 valence electrons. The number of piperidine rings is 3. The van der Waals surface area contributed by atoms with Crippen molar-refractivity contribution in [1.29, 1.82) is 0 Å². The number of benzene rings is 2. The number of rotatable bonds is 14. The second kappa shape index (κ2) is 17.7. The number of aromatic amines is 1. The fourth-order valence-electron chi connectivity index (χ4n) is 6.72. The standard InChI is InChI=1S/C39H38Cl2F2N4O6.H2O/c40-30-19-44-20-31(41)29(30)18-33(28-10-11-32(52-38(42)43)34(17-28)50-23-25-4-5-25)51-37(48)27-8-6-24(7-9-27)21-47(36-3-1-2-14-45-36)39(49)53-35-22-46-15-12-26(35)13-16-46;/h1-3,6-11,14,17,19-20,25-26,33,35,38H,4-5,12-13,15-16,18,21-23H2;1H2/t33-,35-;/m0./s1. The Kier molecular flexibility index (Phi) is 12.8. The summed E-state index contributed by atoms with van der Waals surface area (Å²) in [5, 5.41) is 0.658. The van der Waals surface area contributed by atoms with Crippen LogP contribution in [-0.2, 0) is 22.4 Å². The molecule has 54 heavy (non-hydrogen) atoms. The van der Waals surface area contributed by atoms with Crippen LogP contribution in [0.2, 0.25) is 10.0 Å². The Morgan fingerprint density at radius 3 is 2.33 bits per heavy atom. The highest BCUT2D eigenvalue weighted by atomic mass is 35.5. The molecule has 2 N–H and O–H groups in total. The van der Waals surface area contributed by atoms with Gasteiger partial charge in [0.1, 0.15) is 28.1 Å². The first-order valence-electron chi connectivity index (χ1n) is 17.7. The van der Waals surface area contributed by atoms with Gasteiger partial charge in [-0.15, -0.1) is 0 Å². The summed E-state index contributed by atoms with van der Waals surface area (Å²) in [5.41, 5.74) is 1.98. The minimum atomic E-state index is -3.05. The normalized spacial score (nSPS) is 19.4. The second-order valence-electron chi connectivity index (χ2n) is 13.6. The molecule has 0 spiro atoms. The number of hydrogen-bond donors (Lipinski definition) is 0. The van der Waals surface area contributed by atoms with Crippen molar-refractivity contribution in [3.05, 3.63) is 112 Å². The van der Waals surface area contributed by atoms with Crippen molar-refractivity contribution in [2.75, 3.05) is 31.1 Å². The van der Waals surface area contributed by atoms with Crippen LogP contribution in [-0.4, -0.2) is 66.4 Å². The SMILES string of the molecule is O=C(O[C@@H](Cc1c(Cl)c[nH+]cc1Cl)c1ccc(OC(F)F)c(OCC2CC2)c1)c1ccc(CN(C(=O)O[C@H]2CN3CCC2CC3)c2ccccn2)cc1.[OH-]. The number of pyridine rings is 2. The Morgan fingerprint density at radius 1 is 0.963 bits per heavy atom. The molecule has 11 nitrogen and oxygen atoms in total. The van der Waals surface area contributed by atoms with Gasteiger partial charge in [0.05, 0.1) is 18.7 Å². The van der Waals surface area contributed by atoms with Crippen LogP contribution in [0.25, 0.3) is 0 Å². The Morgan fingerprint density at radius 2 is 1.70 bits per heavy atom. The van der Waals surface area contributed by atoms with Gasteiger partial charge in [-0.1, -0.05) is 47.5 Å². The minimum absolute atomic E-state index is 0. The summed E-state index contributed by atoms with van der Waals surface area (Å²) in [7, 11) is 0. The van der Waals surface area contributed by atoms with Gasteiger partial charge in [-0.05, 0) is 98.1 Å². The van der Waals surface area contributed by atoms with E-state index >= 15 is 0 Å². The highest BCUT2D eigenvalue weighted by Crippen LogP contribution is 2.38. The number of alkyl halides is 2. The zero-order chi connectivity index (χ0) is 36.9. The molecule has 2 bridgehead atoms. The quantitative estimate of drug-likeness (QED) is 0.117. The summed E-state index contributed by atoms with van der Waals surface area (Å²) >= 11 is 13.0. The lowest BCUT2D eigenvalue weighted by Gasteiger charge is -2.44. The van der Waals surface area contributed by atoms with Gasteiger partial charge in [-0.25, -0.2) is 19.6 Å².